The van der Waals surface area contributed by atoms with Crippen molar-refractivity contribution in [2.45, 2.75) is 32.9 Å². The first kappa shape index (κ1) is 18.2. The summed E-state index contributed by atoms with van der Waals surface area (Å²) in [4.78, 5) is 28.7. The molecule has 0 spiro atoms. The summed E-state index contributed by atoms with van der Waals surface area (Å²) < 4.78 is 1.75. The van der Waals surface area contributed by atoms with Gasteiger partial charge in [0.15, 0.2) is 0 Å². The highest BCUT2D eigenvalue weighted by Gasteiger charge is 2.26. The van der Waals surface area contributed by atoms with Crippen molar-refractivity contribution in [2.24, 2.45) is 0 Å². The van der Waals surface area contributed by atoms with Gasteiger partial charge < -0.3 is 10.2 Å². The third kappa shape index (κ3) is 4.44. The second-order valence-electron chi connectivity index (χ2n) is 5.98. The smallest absolute Gasteiger partial charge is 0.257 e. The molecule has 2 heterocycles. The standard InChI is InChI=1S/C17H27N5O2/c1-4-7-18-16(23)14(3)20-8-6-9-21(11-10-20)17(24)15-12-19-22(5-2)13-15/h4,12-14H,1,5-11H2,2-3H3,(H,18,23). The molecule has 1 aliphatic heterocycles. The average Bonchev–Trinajstić information content (AvgIpc) is 2.95. The Morgan fingerprint density at radius 1 is 1.38 bits per heavy atom. The third-order valence-corrected chi connectivity index (χ3v) is 4.37. The lowest BCUT2D eigenvalue weighted by Crippen LogP contribution is -2.46. The Morgan fingerprint density at radius 3 is 2.83 bits per heavy atom. The van der Waals surface area contributed by atoms with Crippen LogP contribution in [0.3, 0.4) is 0 Å². The van der Waals surface area contributed by atoms with Crippen molar-refractivity contribution in [3.8, 4) is 0 Å². The van der Waals surface area contributed by atoms with Gasteiger partial charge in [-0.2, -0.15) is 5.10 Å². The highest BCUT2D eigenvalue weighted by Crippen LogP contribution is 2.11. The first-order chi connectivity index (χ1) is 11.6. The van der Waals surface area contributed by atoms with E-state index >= 15 is 0 Å². The molecule has 2 rings (SSSR count). The maximum atomic E-state index is 12.6. The van der Waals surface area contributed by atoms with Gasteiger partial charge in [-0.25, -0.2) is 0 Å². The summed E-state index contributed by atoms with van der Waals surface area (Å²) in [6, 6.07) is -0.206. The van der Waals surface area contributed by atoms with Gasteiger partial charge in [0.05, 0.1) is 17.8 Å². The van der Waals surface area contributed by atoms with Crippen LogP contribution in [0, 0.1) is 0 Å². The molecular weight excluding hydrogens is 306 g/mol. The lowest BCUT2D eigenvalue weighted by atomic mass is 10.2. The fourth-order valence-electron chi connectivity index (χ4n) is 2.84. The number of carbonyl (C=O) groups is 2. The van der Waals surface area contributed by atoms with Gasteiger partial charge in [0.25, 0.3) is 5.91 Å². The van der Waals surface area contributed by atoms with E-state index in [9.17, 15) is 9.59 Å². The van der Waals surface area contributed by atoms with E-state index in [-0.39, 0.29) is 17.9 Å². The fraction of sp³-hybridized carbons (Fsp3) is 0.588. The lowest BCUT2D eigenvalue weighted by molar-refractivity contribution is -0.125. The summed E-state index contributed by atoms with van der Waals surface area (Å²) in [7, 11) is 0. The Bertz CT molecular complexity index is 583. The van der Waals surface area contributed by atoms with Crippen LogP contribution in [0.4, 0.5) is 0 Å². The van der Waals surface area contributed by atoms with Crippen molar-refractivity contribution < 1.29 is 9.59 Å². The molecule has 0 aromatic carbocycles. The van der Waals surface area contributed by atoms with Crippen molar-refractivity contribution in [2.75, 3.05) is 32.7 Å². The predicted octanol–water partition coefficient (Wildman–Crippen LogP) is 0.742. The average molecular weight is 333 g/mol. The topological polar surface area (TPSA) is 70.5 Å². The van der Waals surface area contributed by atoms with Crippen molar-refractivity contribution in [3.05, 3.63) is 30.6 Å². The number of carbonyl (C=O) groups excluding carboxylic acids is 2. The molecule has 1 aliphatic rings. The zero-order valence-corrected chi connectivity index (χ0v) is 14.6. The van der Waals surface area contributed by atoms with Gasteiger partial charge in [-0.1, -0.05) is 6.08 Å². The summed E-state index contributed by atoms with van der Waals surface area (Å²) in [5.74, 6) is 0.0132. The highest BCUT2D eigenvalue weighted by atomic mass is 16.2. The monoisotopic (exact) mass is 333 g/mol. The van der Waals surface area contributed by atoms with Crippen molar-refractivity contribution in [1.29, 1.82) is 0 Å². The largest absolute Gasteiger partial charge is 0.351 e. The quantitative estimate of drug-likeness (QED) is 0.780. The number of nitrogens with one attached hydrogen (secondary N) is 1. The number of amides is 2. The van der Waals surface area contributed by atoms with Crippen LogP contribution in [-0.2, 0) is 11.3 Å². The molecule has 1 aromatic heterocycles. The molecule has 0 radical (unpaired) electrons. The minimum atomic E-state index is -0.206. The Morgan fingerprint density at radius 2 is 2.17 bits per heavy atom. The summed E-state index contributed by atoms with van der Waals surface area (Å²) >= 11 is 0. The molecule has 0 aliphatic carbocycles. The highest BCUT2D eigenvalue weighted by molar-refractivity contribution is 5.93. The van der Waals surface area contributed by atoms with E-state index in [1.54, 1.807) is 23.2 Å². The number of aryl methyl sites for hydroxylation is 1. The van der Waals surface area contributed by atoms with E-state index in [0.717, 1.165) is 19.5 Å². The number of rotatable bonds is 6. The van der Waals surface area contributed by atoms with Gasteiger partial charge in [-0.3, -0.25) is 19.2 Å². The van der Waals surface area contributed by atoms with Crippen LogP contribution >= 0.6 is 0 Å². The number of nitrogens with zero attached hydrogens (tertiary/aromatic N) is 4. The lowest BCUT2D eigenvalue weighted by Gasteiger charge is -2.26. The Labute approximate surface area is 143 Å². The zero-order chi connectivity index (χ0) is 17.5. The number of hydrogen-bond acceptors (Lipinski definition) is 4. The first-order valence-corrected chi connectivity index (χ1v) is 8.51. The summed E-state index contributed by atoms with van der Waals surface area (Å²) in [6.07, 6.45) is 5.94. The maximum Gasteiger partial charge on any atom is 0.257 e. The second kappa shape index (κ2) is 8.63. The maximum absolute atomic E-state index is 12.6. The summed E-state index contributed by atoms with van der Waals surface area (Å²) in [5, 5.41) is 7.00. The molecule has 2 amide bonds. The van der Waals surface area contributed by atoms with E-state index in [1.165, 1.54) is 0 Å². The van der Waals surface area contributed by atoms with E-state index in [1.807, 2.05) is 18.7 Å². The molecule has 24 heavy (non-hydrogen) atoms. The predicted molar refractivity (Wildman–Crippen MR) is 92.7 cm³/mol. The van der Waals surface area contributed by atoms with Crippen LogP contribution in [0.15, 0.2) is 25.0 Å². The van der Waals surface area contributed by atoms with Crippen LogP contribution in [0.5, 0.6) is 0 Å². The van der Waals surface area contributed by atoms with E-state index in [4.69, 9.17) is 0 Å². The fourth-order valence-corrected chi connectivity index (χ4v) is 2.84. The molecule has 0 bridgehead atoms. The molecule has 7 heteroatoms. The molecule has 1 N–H and O–H groups in total. The summed E-state index contributed by atoms with van der Waals surface area (Å²) in [6.45, 7) is 11.5. The van der Waals surface area contributed by atoms with Crippen molar-refractivity contribution in [3.63, 3.8) is 0 Å². The van der Waals surface area contributed by atoms with Gasteiger partial charge >= 0.3 is 0 Å². The van der Waals surface area contributed by atoms with Crippen LogP contribution in [0.1, 0.15) is 30.6 Å². The van der Waals surface area contributed by atoms with E-state index in [2.05, 4.69) is 21.9 Å². The van der Waals surface area contributed by atoms with Gasteiger partial charge in [0, 0.05) is 45.5 Å². The van der Waals surface area contributed by atoms with E-state index in [0.29, 0.717) is 31.7 Å². The normalized spacial score (nSPS) is 17.2. The minimum Gasteiger partial charge on any atom is -0.351 e. The molecule has 132 valence electrons. The molecule has 7 nitrogen and oxygen atoms in total. The molecule has 0 saturated carbocycles. The van der Waals surface area contributed by atoms with Crippen LogP contribution < -0.4 is 5.32 Å². The van der Waals surface area contributed by atoms with Gasteiger partial charge in [-0.15, -0.1) is 6.58 Å². The molecule has 1 unspecified atom stereocenters. The Balaban J connectivity index is 1.93. The van der Waals surface area contributed by atoms with Crippen LogP contribution in [0.25, 0.3) is 0 Å². The SMILES string of the molecule is C=CCNC(=O)C(C)N1CCCN(C(=O)c2cnn(CC)c2)CC1. The molecule has 1 atom stereocenters. The van der Waals surface area contributed by atoms with Crippen molar-refractivity contribution >= 4 is 11.8 Å². The zero-order valence-electron chi connectivity index (χ0n) is 14.6. The minimum absolute atomic E-state index is 0.00102. The summed E-state index contributed by atoms with van der Waals surface area (Å²) in [5.41, 5.74) is 0.627. The molecular formula is C17H27N5O2. The Hall–Kier alpha value is -2.15. The molecule has 1 fully saturated rings. The molecule has 1 aromatic rings. The molecule has 1 saturated heterocycles. The van der Waals surface area contributed by atoms with Gasteiger partial charge in [0.1, 0.15) is 0 Å². The van der Waals surface area contributed by atoms with Crippen molar-refractivity contribution in [1.82, 2.24) is 24.9 Å². The second-order valence-corrected chi connectivity index (χ2v) is 5.98. The number of hydrogen-bond donors (Lipinski definition) is 1. The third-order valence-electron chi connectivity index (χ3n) is 4.37. The van der Waals surface area contributed by atoms with Gasteiger partial charge in [-0.05, 0) is 20.3 Å². The number of aromatic nitrogens is 2. The van der Waals surface area contributed by atoms with Crippen LogP contribution in [-0.4, -0.2) is 70.2 Å². The Kier molecular flexibility index (Phi) is 6.54. The first-order valence-electron chi connectivity index (χ1n) is 8.51. The van der Waals surface area contributed by atoms with Crippen LogP contribution in [0.2, 0.25) is 0 Å². The van der Waals surface area contributed by atoms with E-state index < -0.39 is 0 Å². The van der Waals surface area contributed by atoms with Gasteiger partial charge in [0.2, 0.25) is 5.91 Å².